The van der Waals surface area contributed by atoms with E-state index in [1.165, 1.54) is 0 Å². The molecule has 9 nitrogen and oxygen atoms in total. The van der Waals surface area contributed by atoms with Crippen molar-refractivity contribution in [2.24, 2.45) is 0 Å². The molecule has 1 rings (SSSR count). The van der Waals surface area contributed by atoms with Gasteiger partial charge in [0.1, 0.15) is 17.2 Å². The highest BCUT2D eigenvalue weighted by Gasteiger charge is 2.15. The molecule has 0 aliphatic heterocycles. The Morgan fingerprint density at radius 1 is 1.14 bits per heavy atom. The van der Waals surface area contributed by atoms with Gasteiger partial charge in [-0.2, -0.15) is 0 Å². The number of ether oxygens (including phenoxy) is 4. The Labute approximate surface area is 177 Å². The molecule has 2 N–H and O–H groups in total. The van der Waals surface area contributed by atoms with Crippen LogP contribution in [0.2, 0.25) is 0 Å². The van der Waals surface area contributed by atoms with Gasteiger partial charge < -0.3 is 29.6 Å². The molecule has 29 heavy (non-hydrogen) atoms. The molecule has 164 valence electrons. The standard InChI is InChI=1S/C19H32N4O5S/c1-6-27-17(29)15-13-22-14(2)23-16(15)20-7-9-25-11-12-26-10-8-21-18(24)28-19(3,4)5/h13H,6-12H2,1-5H3,(H,21,24)(H,20,22,23). The number of nitrogens with one attached hydrogen (secondary N) is 2. The second-order valence-electron chi connectivity index (χ2n) is 6.98. The Morgan fingerprint density at radius 2 is 1.79 bits per heavy atom. The SMILES string of the molecule is CCOC(=S)c1cnc(C)nc1NCCOCCOCCNC(=O)OC(C)(C)C. The molecule has 0 spiro atoms. The van der Waals surface area contributed by atoms with Crippen LogP contribution in [-0.2, 0) is 18.9 Å². The van der Waals surface area contributed by atoms with Gasteiger partial charge in [-0.25, -0.2) is 14.8 Å². The molecular formula is C19H32N4O5S. The lowest BCUT2D eigenvalue weighted by molar-refractivity contribution is 0.0415. The third kappa shape index (κ3) is 11.5. The monoisotopic (exact) mass is 428 g/mol. The second-order valence-corrected chi connectivity index (χ2v) is 7.35. The lowest BCUT2D eigenvalue weighted by Crippen LogP contribution is -2.34. The fourth-order valence-electron chi connectivity index (χ4n) is 2.07. The van der Waals surface area contributed by atoms with Gasteiger partial charge in [0.15, 0.2) is 5.05 Å². The first-order valence-corrected chi connectivity index (χ1v) is 10.0. The van der Waals surface area contributed by atoms with Gasteiger partial charge in [0, 0.05) is 19.3 Å². The number of nitrogens with zero attached hydrogens (tertiary/aromatic N) is 2. The zero-order valence-corrected chi connectivity index (χ0v) is 18.7. The van der Waals surface area contributed by atoms with Crippen molar-refractivity contribution in [3.63, 3.8) is 0 Å². The summed E-state index contributed by atoms with van der Waals surface area (Å²) < 4.78 is 21.4. The van der Waals surface area contributed by atoms with Gasteiger partial charge in [0.05, 0.1) is 38.6 Å². The van der Waals surface area contributed by atoms with Crippen LogP contribution in [0, 0.1) is 6.92 Å². The Bertz CT molecular complexity index is 652. The number of hydrogen-bond donors (Lipinski definition) is 2. The third-order valence-electron chi connectivity index (χ3n) is 3.23. The van der Waals surface area contributed by atoms with Crippen LogP contribution < -0.4 is 10.6 Å². The van der Waals surface area contributed by atoms with Gasteiger partial charge in [-0.05, 0) is 46.8 Å². The van der Waals surface area contributed by atoms with E-state index >= 15 is 0 Å². The van der Waals surface area contributed by atoms with E-state index in [-0.39, 0.29) is 0 Å². The molecule has 0 radical (unpaired) electrons. The molecule has 1 heterocycles. The number of thiocarbonyl (C=S) groups is 1. The predicted octanol–water partition coefficient (Wildman–Crippen LogP) is 2.47. The molecule has 0 atom stereocenters. The summed E-state index contributed by atoms with van der Waals surface area (Å²) in [6.07, 6.45) is 1.20. The van der Waals surface area contributed by atoms with Crippen LogP contribution in [0.25, 0.3) is 0 Å². The van der Waals surface area contributed by atoms with Crippen molar-refractivity contribution in [2.75, 3.05) is 51.4 Å². The number of carbonyl (C=O) groups is 1. The molecule has 0 fully saturated rings. The molecule has 0 bridgehead atoms. The molecule has 0 saturated carbocycles. The van der Waals surface area contributed by atoms with Crippen molar-refractivity contribution < 1.29 is 23.7 Å². The zero-order chi connectivity index (χ0) is 21.7. The summed E-state index contributed by atoms with van der Waals surface area (Å²) in [5.74, 6) is 1.27. The first-order valence-electron chi connectivity index (χ1n) is 9.60. The van der Waals surface area contributed by atoms with Crippen molar-refractivity contribution >= 4 is 29.2 Å². The Balaban J connectivity index is 2.14. The minimum Gasteiger partial charge on any atom is -0.483 e. The summed E-state index contributed by atoms with van der Waals surface area (Å²) in [6.45, 7) is 12.3. The normalized spacial score (nSPS) is 11.1. The Kier molecular flexibility index (Phi) is 11.4. The van der Waals surface area contributed by atoms with Crippen molar-refractivity contribution in [1.29, 1.82) is 0 Å². The molecule has 1 amide bonds. The van der Waals surface area contributed by atoms with Crippen LogP contribution in [0.3, 0.4) is 0 Å². The van der Waals surface area contributed by atoms with Crippen LogP contribution >= 0.6 is 12.2 Å². The molecule has 0 aliphatic carbocycles. The lowest BCUT2D eigenvalue weighted by Gasteiger charge is -2.19. The Hall–Kier alpha value is -2.04. The quantitative estimate of drug-likeness (QED) is 0.384. The van der Waals surface area contributed by atoms with Gasteiger partial charge in [-0.3, -0.25) is 0 Å². The maximum Gasteiger partial charge on any atom is 0.407 e. The number of aryl methyl sites for hydroxylation is 1. The minimum absolute atomic E-state index is 0.365. The number of anilines is 1. The van der Waals surface area contributed by atoms with Crippen LogP contribution in [0.5, 0.6) is 0 Å². The average molecular weight is 429 g/mol. The number of alkyl carbamates (subject to hydrolysis) is 1. The van der Waals surface area contributed by atoms with Crippen molar-refractivity contribution in [1.82, 2.24) is 15.3 Å². The van der Waals surface area contributed by atoms with Crippen molar-refractivity contribution in [2.45, 2.75) is 40.2 Å². The fourth-order valence-corrected chi connectivity index (χ4v) is 2.33. The predicted molar refractivity (Wildman–Crippen MR) is 114 cm³/mol. The topological polar surface area (TPSA) is 104 Å². The zero-order valence-electron chi connectivity index (χ0n) is 17.9. The van der Waals surface area contributed by atoms with E-state index < -0.39 is 11.7 Å². The summed E-state index contributed by atoms with van der Waals surface area (Å²) in [7, 11) is 0. The molecular weight excluding hydrogens is 396 g/mol. The Morgan fingerprint density at radius 3 is 2.41 bits per heavy atom. The number of amides is 1. The first-order chi connectivity index (χ1) is 13.7. The number of rotatable bonds is 12. The highest BCUT2D eigenvalue weighted by Crippen LogP contribution is 2.13. The van der Waals surface area contributed by atoms with E-state index in [9.17, 15) is 4.79 Å². The van der Waals surface area contributed by atoms with Gasteiger partial charge >= 0.3 is 6.09 Å². The van der Waals surface area contributed by atoms with E-state index in [1.54, 1.807) is 6.20 Å². The molecule has 0 saturated heterocycles. The number of carbonyl (C=O) groups excluding carboxylic acids is 1. The molecule has 0 unspecified atom stereocenters. The van der Waals surface area contributed by atoms with E-state index in [1.807, 2.05) is 34.6 Å². The molecule has 10 heteroatoms. The van der Waals surface area contributed by atoms with Gasteiger partial charge in [-0.1, -0.05) is 0 Å². The minimum atomic E-state index is -0.508. The van der Waals surface area contributed by atoms with E-state index in [4.69, 9.17) is 31.2 Å². The number of hydrogen-bond acceptors (Lipinski definition) is 9. The third-order valence-corrected chi connectivity index (χ3v) is 3.57. The number of aromatic nitrogens is 2. The van der Waals surface area contributed by atoms with Crippen LogP contribution in [0.15, 0.2) is 6.20 Å². The molecule has 0 aliphatic rings. The second kappa shape index (κ2) is 13.2. The summed E-state index contributed by atoms with van der Waals surface area (Å²) in [5.41, 5.74) is 0.152. The summed E-state index contributed by atoms with van der Waals surface area (Å²) in [4.78, 5) is 20.0. The summed E-state index contributed by atoms with van der Waals surface area (Å²) >= 11 is 5.24. The van der Waals surface area contributed by atoms with Crippen LogP contribution in [0.1, 0.15) is 39.1 Å². The van der Waals surface area contributed by atoms with Crippen molar-refractivity contribution in [3.05, 3.63) is 17.6 Å². The largest absolute Gasteiger partial charge is 0.483 e. The average Bonchev–Trinajstić information content (AvgIpc) is 2.62. The van der Waals surface area contributed by atoms with Gasteiger partial charge in [-0.15, -0.1) is 0 Å². The molecule has 1 aromatic heterocycles. The van der Waals surface area contributed by atoms with E-state index in [0.29, 0.717) is 68.4 Å². The van der Waals surface area contributed by atoms with Crippen molar-refractivity contribution in [3.8, 4) is 0 Å². The van der Waals surface area contributed by atoms with Gasteiger partial charge in [0.25, 0.3) is 0 Å². The first kappa shape index (κ1) is 25.0. The fraction of sp³-hybridized carbons (Fsp3) is 0.684. The molecule has 0 aromatic carbocycles. The molecule has 1 aromatic rings. The van der Waals surface area contributed by atoms with E-state index in [0.717, 1.165) is 0 Å². The summed E-state index contributed by atoms with van der Waals surface area (Å²) in [5, 5.41) is 6.18. The highest BCUT2D eigenvalue weighted by atomic mass is 32.1. The maximum absolute atomic E-state index is 11.5. The lowest BCUT2D eigenvalue weighted by atomic mass is 10.2. The highest BCUT2D eigenvalue weighted by molar-refractivity contribution is 7.80. The van der Waals surface area contributed by atoms with Gasteiger partial charge in [0.2, 0.25) is 0 Å². The van der Waals surface area contributed by atoms with Crippen LogP contribution in [-0.4, -0.2) is 72.8 Å². The summed E-state index contributed by atoms with van der Waals surface area (Å²) in [6, 6.07) is 0. The van der Waals surface area contributed by atoms with E-state index in [2.05, 4.69) is 20.6 Å². The van der Waals surface area contributed by atoms with Crippen LogP contribution in [0.4, 0.5) is 10.6 Å². The smallest absolute Gasteiger partial charge is 0.407 e. The maximum atomic E-state index is 11.5.